The number of rotatable bonds is 2. The van der Waals surface area contributed by atoms with Crippen LogP contribution in [0.2, 0.25) is 0 Å². The molecular weight excluding hydrogens is 296 g/mol. The molecule has 0 unspecified atom stereocenters. The molecule has 7 nitrogen and oxygen atoms in total. The molecule has 4 N–H and O–H groups in total. The first-order valence-electron chi connectivity index (χ1n) is 7.64. The van der Waals surface area contributed by atoms with Crippen molar-refractivity contribution in [3.8, 4) is 0 Å². The summed E-state index contributed by atoms with van der Waals surface area (Å²) in [4.78, 5) is 25.6. The molecule has 1 fully saturated rings. The van der Waals surface area contributed by atoms with E-state index in [0.717, 1.165) is 0 Å². The van der Waals surface area contributed by atoms with Crippen LogP contribution in [-0.2, 0) is 4.74 Å². The van der Waals surface area contributed by atoms with Gasteiger partial charge in [0.2, 0.25) is 0 Å². The van der Waals surface area contributed by atoms with Crippen LogP contribution in [0.3, 0.4) is 0 Å². The molecule has 1 aromatic carbocycles. The van der Waals surface area contributed by atoms with E-state index in [0.29, 0.717) is 30.9 Å². The van der Waals surface area contributed by atoms with Gasteiger partial charge in [0.1, 0.15) is 5.60 Å². The maximum Gasteiger partial charge on any atom is 0.407 e. The molecule has 0 radical (unpaired) electrons. The summed E-state index contributed by atoms with van der Waals surface area (Å²) in [6.45, 7) is 6.47. The molecule has 2 rings (SSSR count). The largest absolute Gasteiger partial charge is 0.444 e. The first-order chi connectivity index (χ1) is 10.7. The van der Waals surface area contributed by atoms with Crippen LogP contribution >= 0.6 is 0 Å². The van der Waals surface area contributed by atoms with Crippen molar-refractivity contribution in [2.75, 3.05) is 24.1 Å². The van der Waals surface area contributed by atoms with Crippen LogP contribution < -0.4 is 16.4 Å². The average Bonchev–Trinajstić information content (AvgIpc) is 2.84. The SMILES string of the molecule is CC(C)(C)OC(=O)N[C@H]1CCN(C(=O)Nc2cccc(N)c2)C1. The van der Waals surface area contributed by atoms with Crippen molar-refractivity contribution in [1.29, 1.82) is 0 Å². The summed E-state index contributed by atoms with van der Waals surface area (Å²) in [5.41, 5.74) is 6.40. The van der Waals surface area contributed by atoms with E-state index in [2.05, 4.69) is 10.6 Å². The van der Waals surface area contributed by atoms with Crippen LogP contribution in [0.25, 0.3) is 0 Å². The van der Waals surface area contributed by atoms with Crippen molar-refractivity contribution in [3.63, 3.8) is 0 Å². The Balaban J connectivity index is 1.82. The fourth-order valence-corrected chi connectivity index (χ4v) is 2.36. The highest BCUT2D eigenvalue weighted by molar-refractivity contribution is 5.90. The maximum atomic E-state index is 12.2. The number of nitrogens with two attached hydrogens (primary N) is 1. The number of likely N-dealkylation sites (tertiary alicyclic amines) is 1. The minimum Gasteiger partial charge on any atom is -0.444 e. The smallest absolute Gasteiger partial charge is 0.407 e. The predicted molar refractivity (Wildman–Crippen MR) is 89.2 cm³/mol. The molecule has 126 valence electrons. The highest BCUT2D eigenvalue weighted by atomic mass is 16.6. The molecule has 7 heteroatoms. The van der Waals surface area contributed by atoms with Gasteiger partial charge >= 0.3 is 12.1 Å². The predicted octanol–water partition coefficient (Wildman–Crippen LogP) is 2.40. The Bertz CT molecular complexity index is 583. The summed E-state index contributed by atoms with van der Waals surface area (Å²) in [7, 11) is 0. The molecule has 1 atom stereocenters. The van der Waals surface area contributed by atoms with E-state index < -0.39 is 11.7 Å². The van der Waals surface area contributed by atoms with Crippen molar-refractivity contribution >= 4 is 23.5 Å². The van der Waals surface area contributed by atoms with Crippen LogP contribution in [0, 0.1) is 0 Å². The molecule has 0 aliphatic carbocycles. The number of carbonyl (C=O) groups is 2. The van der Waals surface area contributed by atoms with Gasteiger partial charge in [0.15, 0.2) is 0 Å². The van der Waals surface area contributed by atoms with Gasteiger partial charge in [-0.3, -0.25) is 0 Å². The van der Waals surface area contributed by atoms with Crippen molar-refractivity contribution < 1.29 is 14.3 Å². The number of nitrogen functional groups attached to an aromatic ring is 1. The van der Waals surface area contributed by atoms with Gasteiger partial charge in [-0.1, -0.05) is 6.07 Å². The van der Waals surface area contributed by atoms with Gasteiger partial charge in [-0.2, -0.15) is 0 Å². The molecule has 0 aromatic heterocycles. The Kier molecular flexibility index (Phi) is 4.98. The third-order valence-electron chi connectivity index (χ3n) is 3.33. The van der Waals surface area contributed by atoms with Gasteiger partial charge in [-0.25, -0.2) is 9.59 Å². The van der Waals surface area contributed by atoms with Crippen LogP contribution in [0.4, 0.5) is 21.0 Å². The Hall–Kier alpha value is -2.44. The van der Waals surface area contributed by atoms with Crippen LogP contribution in [0.1, 0.15) is 27.2 Å². The number of alkyl carbamates (subject to hydrolysis) is 1. The Morgan fingerprint density at radius 2 is 2.09 bits per heavy atom. The van der Waals surface area contributed by atoms with Crippen molar-refractivity contribution in [2.24, 2.45) is 0 Å². The molecule has 1 saturated heterocycles. The maximum absolute atomic E-state index is 12.2. The van der Waals surface area contributed by atoms with E-state index >= 15 is 0 Å². The number of carbonyl (C=O) groups excluding carboxylic acids is 2. The standard InChI is InChI=1S/C16H24N4O3/c1-16(2,3)23-15(22)19-13-7-8-20(10-13)14(21)18-12-6-4-5-11(17)9-12/h4-6,9,13H,7-8,10,17H2,1-3H3,(H,18,21)(H,19,22)/t13-/m0/s1. The fourth-order valence-electron chi connectivity index (χ4n) is 2.36. The average molecular weight is 320 g/mol. The number of hydrogen-bond donors (Lipinski definition) is 3. The third-order valence-corrected chi connectivity index (χ3v) is 3.33. The summed E-state index contributed by atoms with van der Waals surface area (Å²) in [6.07, 6.45) is 0.240. The van der Waals surface area contributed by atoms with Crippen LogP contribution in [-0.4, -0.2) is 41.8 Å². The molecule has 0 spiro atoms. The zero-order chi connectivity index (χ0) is 17.0. The van der Waals surface area contributed by atoms with E-state index in [1.165, 1.54) is 0 Å². The molecule has 3 amide bonds. The van der Waals surface area contributed by atoms with E-state index in [1.54, 1.807) is 29.2 Å². The summed E-state index contributed by atoms with van der Waals surface area (Å²) in [5, 5.41) is 5.59. The molecule has 0 bridgehead atoms. The third kappa shape index (κ3) is 5.36. The Morgan fingerprint density at radius 3 is 2.74 bits per heavy atom. The zero-order valence-corrected chi connectivity index (χ0v) is 13.8. The highest BCUT2D eigenvalue weighted by Crippen LogP contribution is 2.16. The first kappa shape index (κ1) is 16.9. The van der Waals surface area contributed by atoms with Gasteiger partial charge in [0.25, 0.3) is 0 Å². The summed E-state index contributed by atoms with van der Waals surface area (Å²) < 4.78 is 5.22. The zero-order valence-electron chi connectivity index (χ0n) is 13.8. The monoisotopic (exact) mass is 320 g/mol. The lowest BCUT2D eigenvalue weighted by atomic mass is 10.2. The van der Waals surface area contributed by atoms with E-state index in [4.69, 9.17) is 10.5 Å². The first-order valence-corrected chi connectivity index (χ1v) is 7.64. The topological polar surface area (TPSA) is 96.7 Å². The lowest BCUT2D eigenvalue weighted by Crippen LogP contribution is -2.42. The summed E-state index contributed by atoms with van der Waals surface area (Å²) in [5.74, 6) is 0. The highest BCUT2D eigenvalue weighted by Gasteiger charge is 2.28. The fraction of sp³-hybridized carbons (Fsp3) is 0.500. The lowest BCUT2D eigenvalue weighted by Gasteiger charge is -2.22. The molecule has 23 heavy (non-hydrogen) atoms. The molecule has 1 aromatic rings. The van der Waals surface area contributed by atoms with Gasteiger partial charge in [0.05, 0.1) is 6.04 Å². The van der Waals surface area contributed by atoms with Gasteiger partial charge in [-0.15, -0.1) is 0 Å². The van der Waals surface area contributed by atoms with E-state index in [9.17, 15) is 9.59 Å². The van der Waals surface area contributed by atoms with E-state index in [1.807, 2.05) is 20.8 Å². The number of hydrogen-bond acceptors (Lipinski definition) is 4. The van der Waals surface area contributed by atoms with Crippen molar-refractivity contribution in [2.45, 2.75) is 38.8 Å². The van der Waals surface area contributed by atoms with Crippen LogP contribution in [0.5, 0.6) is 0 Å². The lowest BCUT2D eigenvalue weighted by molar-refractivity contribution is 0.0506. The number of anilines is 2. The number of nitrogens with zero attached hydrogens (tertiary/aromatic N) is 1. The minimum absolute atomic E-state index is 0.101. The van der Waals surface area contributed by atoms with Gasteiger partial charge in [-0.05, 0) is 45.4 Å². The molecular formula is C16H24N4O3. The number of urea groups is 1. The van der Waals surface area contributed by atoms with Crippen LogP contribution in [0.15, 0.2) is 24.3 Å². The van der Waals surface area contributed by atoms with E-state index in [-0.39, 0.29) is 12.1 Å². The number of benzene rings is 1. The second kappa shape index (κ2) is 6.76. The van der Waals surface area contributed by atoms with Crippen molar-refractivity contribution in [3.05, 3.63) is 24.3 Å². The Labute approximate surface area is 136 Å². The molecule has 1 aliphatic rings. The molecule has 0 saturated carbocycles. The van der Waals surface area contributed by atoms with Gasteiger partial charge < -0.3 is 26.0 Å². The second-order valence-corrected chi connectivity index (χ2v) is 6.63. The quantitative estimate of drug-likeness (QED) is 0.729. The minimum atomic E-state index is -0.535. The number of ether oxygens (including phenoxy) is 1. The number of nitrogens with one attached hydrogen (secondary N) is 2. The second-order valence-electron chi connectivity index (χ2n) is 6.63. The van der Waals surface area contributed by atoms with Crippen molar-refractivity contribution in [1.82, 2.24) is 10.2 Å². The number of amides is 3. The van der Waals surface area contributed by atoms with Gasteiger partial charge in [0, 0.05) is 24.5 Å². The summed E-state index contributed by atoms with van der Waals surface area (Å²) in [6, 6.07) is 6.71. The Morgan fingerprint density at radius 1 is 1.35 bits per heavy atom. The normalized spacial score (nSPS) is 17.7. The molecule has 1 aliphatic heterocycles. The summed E-state index contributed by atoms with van der Waals surface area (Å²) >= 11 is 0. The molecule has 1 heterocycles.